The van der Waals surface area contributed by atoms with E-state index in [1.807, 2.05) is 86.6 Å². The highest BCUT2D eigenvalue weighted by Crippen LogP contribution is 2.57. The van der Waals surface area contributed by atoms with Crippen LogP contribution in [0.5, 0.6) is 17.2 Å². The van der Waals surface area contributed by atoms with Crippen LogP contribution in [0, 0.1) is 5.92 Å². The third-order valence-electron chi connectivity index (χ3n) is 12.1. The van der Waals surface area contributed by atoms with E-state index in [4.69, 9.17) is 61.0 Å². The summed E-state index contributed by atoms with van der Waals surface area (Å²) in [6.07, 6.45) is -2.51. The first-order valence-corrected chi connectivity index (χ1v) is 22.8. The Balaban J connectivity index is 1.18. The average molecular weight is 969 g/mol. The lowest BCUT2D eigenvalue weighted by Crippen LogP contribution is -2.49. The van der Waals surface area contributed by atoms with E-state index in [1.165, 1.54) is 6.92 Å². The van der Waals surface area contributed by atoms with Crippen molar-refractivity contribution in [2.75, 3.05) is 0 Å². The number of nitrogens with one attached hydrogen (secondary N) is 3. The quantitative estimate of drug-likeness (QED) is 0.0748. The van der Waals surface area contributed by atoms with Gasteiger partial charge >= 0.3 is 12.1 Å². The number of para-hydroxylation sites is 2. The molecule has 8 aromatic rings. The van der Waals surface area contributed by atoms with Crippen LogP contribution in [-0.2, 0) is 39.4 Å². The number of aromatic amines is 1. The Morgan fingerprint density at radius 2 is 1.59 bits per heavy atom. The van der Waals surface area contributed by atoms with E-state index in [0.717, 1.165) is 11.1 Å². The van der Waals surface area contributed by atoms with Gasteiger partial charge in [-0.25, -0.2) is 9.78 Å². The van der Waals surface area contributed by atoms with Gasteiger partial charge in [-0.15, -0.1) is 0 Å². The zero-order chi connectivity index (χ0) is 48.0. The van der Waals surface area contributed by atoms with Crippen LogP contribution in [0.2, 0.25) is 10.3 Å². The molecule has 4 N–H and O–H groups in total. The SMILES string of the molecule is CC(=O)Oc1cccc2c(-c3oc(-c4nc5oc4C4(c6cc(ccc6OCc6ccccc6)C[C@H](NC(=O)OCc6ccccc6)C(=O)N[C@H]5C(C)C)c5ccccc5OC4O)nc3Cl)c(Cl)[nH]c12. The van der Waals surface area contributed by atoms with Crippen LogP contribution in [0.4, 0.5) is 4.79 Å². The summed E-state index contributed by atoms with van der Waals surface area (Å²) in [6.45, 7) is 5.14. The third-order valence-corrected chi connectivity index (χ3v) is 12.7. The Bertz CT molecular complexity index is 3240. The summed E-state index contributed by atoms with van der Waals surface area (Å²) in [6, 6.07) is 34.2. The molecule has 0 aliphatic carbocycles. The van der Waals surface area contributed by atoms with Gasteiger partial charge in [0.25, 0.3) is 5.89 Å². The Hall–Kier alpha value is -7.59. The molecule has 69 heavy (non-hydrogen) atoms. The number of oxazole rings is 2. The second-order valence-corrected chi connectivity index (χ2v) is 17.8. The summed E-state index contributed by atoms with van der Waals surface area (Å²) < 4.78 is 37.6. The largest absolute Gasteiger partial charge is 0.489 e. The summed E-state index contributed by atoms with van der Waals surface area (Å²) in [5.41, 5.74) is 2.03. The summed E-state index contributed by atoms with van der Waals surface area (Å²) in [5.74, 6) is -0.580. The van der Waals surface area contributed by atoms with Crippen LogP contribution in [0.3, 0.4) is 0 Å². The molecule has 2 aliphatic heterocycles. The van der Waals surface area contributed by atoms with Crippen molar-refractivity contribution in [3.8, 4) is 40.2 Å². The van der Waals surface area contributed by atoms with Gasteiger partial charge in [0, 0.05) is 29.9 Å². The molecular formula is C52H43Cl2N5O10. The summed E-state index contributed by atoms with van der Waals surface area (Å²) in [4.78, 5) is 52.9. The van der Waals surface area contributed by atoms with Crippen molar-refractivity contribution in [3.63, 3.8) is 0 Å². The number of aliphatic hydroxyl groups excluding tert-OH is 1. The molecule has 17 heteroatoms. The molecular weight excluding hydrogens is 926 g/mol. The Morgan fingerprint density at radius 3 is 2.33 bits per heavy atom. The van der Waals surface area contributed by atoms with Crippen molar-refractivity contribution in [3.05, 3.63) is 171 Å². The van der Waals surface area contributed by atoms with Gasteiger partial charge in [-0.1, -0.05) is 140 Å². The number of aliphatic hydroxyl groups is 1. The third kappa shape index (κ3) is 8.42. The Kier molecular flexibility index (Phi) is 12.1. The molecule has 5 heterocycles. The lowest BCUT2D eigenvalue weighted by atomic mass is 9.71. The monoisotopic (exact) mass is 967 g/mol. The van der Waals surface area contributed by atoms with Crippen molar-refractivity contribution < 1.29 is 47.3 Å². The second kappa shape index (κ2) is 18.5. The van der Waals surface area contributed by atoms with E-state index in [2.05, 4.69) is 15.6 Å². The van der Waals surface area contributed by atoms with Gasteiger partial charge in [-0.05, 0) is 40.8 Å². The molecule has 4 bridgehead atoms. The molecule has 15 nitrogen and oxygen atoms in total. The van der Waals surface area contributed by atoms with Crippen LogP contribution >= 0.6 is 23.2 Å². The predicted octanol–water partition coefficient (Wildman–Crippen LogP) is 10.00. The summed E-state index contributed by atoms with van der Waals surface area (Å²) >= 11 is 13.9. The number of carbonyl (C=O) groups excluding carboxylic acids is 3. The maximum atomic E-state index is 14.6. The number of H-pyrrole nitrogens is 1. The highest BCUT2D eigenvalue weighted by atomic mass is 35.5. The van der Waals surface area contributed by atoms with Gasteiger partial charge in [-0.3, -0.25) is 9.59 Å². The van der Waals surface area contributed by atoms with E-state index < -0.39 is 41.8 Å². The number of benzene rings is 5. The fraction of sp³-hybridized carbons (Fsp3) is 0.212. The number of aromatic nitrogens is 3. The summed E-state index contributed by atoms with van der Waals surface area (Å²) in [7, 11) is 0. The minimum absolute atomic E-state index is 0.00629. The fourth-order valence-electron chi connectivity index (χ4n) is 8.92. The molecule has 0 fully saturated rings. The number of ether oxygens (including phenoxy) is 4. The van der Waals surface area contributed by atoms with Crippen molar-refractivity contribution in [2.24, 2.45) is 5.92 Å². The maximum Gasteiger partial charge on any atom is 0.408 e. The number of halogens is 2. The number of alkyl carbamates (subject to hydrolysis) is 1. The molecule has 10 rings (SSSR count). The smallest absolute Gasteiger partial charge is 0.408 e. The lowest BCUT2D eigenvalue weighted by Gasteiger charge is -2.33. The van der Waals surface area contributed by atoms with Gasteiger partial charge in [0.05, 0.1) is 11.1 Å². The average Bonchev–Trinajstić information content (AvgIpc) is 4.10. The van der Waals surface area contributed by atoms with Gasteiger partial charge in [0.1, 0.15) is 47.4 Å². The molecule has 2 aliphatic rings. The number of hydrogen-bond acceptors (Lipinski definition) is 12. The zero-order valence-corrected chi connectivity index (χ0v) is 38.8. The Labute approximate surface area is 404 Å². The molecule has 5 aromatic carbocycles. The molecule has 2 amide bonds. The second-order valence-electron chi connectivity index (χ2n) is 17.0. The number of carbonyl (C=O) groups is 3. The number of hydrogen-bond donors (Lipinski definition) is 4. The maximum absolute atomic E-state index is 14.6. The van der Waals surface area contributed by atoms with Crippen LogP contribution in [0.1, 0.15) is 66.3 Å². The van der Waals surface area contributed by atoms with Crippen molar-refractivity contribution >= 4 is 52.1 Å². The van der Waals surface area contributed by atoms with Crippen molar-refractivity contribution in [1.82, 2.24) is 25.6 Å². The van der Waals surface area contributed by atoms with Crippen LogP contribution in [-0.4, -0.2) is 50.4 Å². The van der Waals surface area contributed by atoms with E-state index in [1.54, 1.807) is 48.5 Å². The molecule has 350 valence electrons. The number of esters is 1. The molecule has 0 saturated carbocycles. The number of amides is 2. The van der Waals surface area contributed by atoms with Crippen LogP contribution in [0.25, 0.3) is 33.8 Å². The van der Waals surface area contributed by atoms with Gasteiger partial charge in [0.15, 0.2) is 28.1 Å². The first-order valence-electron chi connectivity index (χ1n) is 22.1. The van der Waals surface area contributed by atoms with E-state index >= 15 is 0 Å². The van der Waals surface area contributed by atoms with E-state index in [-0.39, 0.29) is 70.6 Å². The minimum atomic E-state index is -1.78. The molecule has 1 spiro atoms. The van der Waals surface area contributed by atoms with Crippen LogP contribution < -0.4 is 24.8 Å². The fourth-order valence-corrected chi connectivity index (χ4v) is 9.42. The van der Waals surface area contributed by atoms with E-state index in [9.17, 15) is 19.5 Å². The molecule has 0 saturated heterocycles. The number of fused-ring (bicyclic) bond motifs is 9. The van der Waals surface area contributed by atoms with E-state index in [0.29, 0.717) is 44.7 Å². The first kappa shape index (κ1) is 45.2. The van der Waals surface area contributed by atoms with Crippen molar-refractivity contribution in [2.45, 2.75) is 64.2 Å². The van der Waals surface area contributed by atoms with Gasteiger partial charge < -0.3 is 48.5 Å². The zero-order valence-electron chi connectivity index (χ0n) is 37.2. The van der Waals surface area contributed by atoms with Crippen LogP contribution in [0.15, 0.2) is 130 Å². The Morgan fingerprint density at radius 1 is 0.870 bits per heavy atom. The highest BCUT2D eigenvalue weighted by Gasteiger charge is 2.58. The molecule has 4 atom stereocenters. The molecule has 0 radical (unpaired) electrons. The predicted molar refractivity (Wildman–Crippen MR) is 254 cm³/mol. The first-order chi connectivity index (χ1) is 33.4. The number of nitrogens with zero attached hydrogens (tertiary/aromatic N) is 2. The highest BCUT2D eigenvalue weighted by molar-refractivity contribution is 6.37. The molecule has 2 unspecified atom stereocenters. The van der Waals surface area contributed by atoms with Gasteiger partial charge in [0.2, 0.25) is 18.1 Å². The summed E-state index contributed by atoms with van der Waals surface area (Å²) in [5, 5.41) is 19.1. The number of rotatable bonds is 10. The van der Waals surface area contributed by atoms with Gasteiger partial charge in [-0.2, -0.15) is 4.98 Å². The molecule has 3 aromatic heterocycles. The standard InChI is InChI=1S/C52H43Cl2N5O10/c1-27(2)40-48-58-42(49-59-46(54)43(68-49)39-32-17-12-20-38(66-28(3)60)41(32)56-45(39)53)44(69-48)52(33-18-10-11-19-37(33)67-50(52)62)34-23-31(21-22-36(34)64-25-29-13-6-4-7-14-29)24-35(47(61)57-40)55-51(63)65-26-30-15-8-5-9-16-30/h4-23,27,35,40,50,56,62H,24-26H2,1-3H3,(H,55,63)(H,57,61)/t35-,40-,50?,52?/m0/s1. The minimum Gasteiger partial charge on any atom is -0.489 e. The topological polar surface area (TPSA) is 200 Å². The normalized spacial score (nSPS) is 18.5. The van der Waals surface area contributed by atoms with Crippen molar-refractivity contribution in [1.29, 1.82) is 0 Å². The lowest BCUT2D eigenvalue weighted by molar-refractivity contribution is -0.131.